The molecule has 226 valence electrons. The second-order valence-electron chi connectivity index (χ2n) is 11.7. The molecule has 8 aromatic rings. The summed E-state index contributed by atoms with van der Waals surface area (Å²) < 4.78 is 0. The number of hydrogen-bond acceptors (Lipinski definition) is 3. The molecule has 0 fully saturated rings. The van der Waals surface area contributed by atoms with Gasteiger partial charge in [0, 0.05) is 16.7 Å². The summed E-state index contributed by atoms with van der Waals surface area (Å²) in [5.41, 5.74) is 12.3. The fourth-order valence-electron chi connectivity index (χ4n) is 6.20. The quantitative estimate of drug-likeness (QED) is 0.179. The van der Waals surface area contributed by atoms with Crippen molar-refractivity contribution in [1.82, 2.24) is 15.0 Å². The largest absolute Gasteiger partial charge is 0.208 e. The number of hydrogen-bond donors (Lipinski definition) is 0. The Bertz CT molecular complexity index is 2270. The van der Waals surface area contributed by atoms with Gasteiger partial charge in [-0.1, -0.05) is 176 Å². The fraction of sp³-hybridized carbons (Fsp3) is 0. The molecule has 0 atom stereocenters. The lowest BCUT2D eigenvalue weighted by Gasteiger charge is -2.15. The van der Waals surface area contributed by atoms with Gasteiger partial charge >= 0.3 is 0 Å². The average molecular weight is 614 g/mol. The third-order valence-corrected chi connectivity index (χ3v) is 8.56. The van der Waals surface area contributed by atoms with Crippen LogP contribution in [0.1, 0.15) is 0 Å². The van der Waals surface area contributed by atoms with Crippen LogP contribution in [0.25, 0.3) is 78.7 Å². The van der Waals surface area contributed by atoms with Crippen LogP contribution in [-0.2, 0) is 0 Å². The van der Waals surface area contributed by atoms with E-state index in [1.54, 1.807) is 0 Å². The van der Waals surface area contributed by atoms with Gasteiger partial charge in [0.05, 0.1) is 0 Å². The van der Waals surface area contributed by atoms with E-state index in [-0.39, 0.29) is 0 Å². The minimum Gasteiger partial charge on any atom is -0.208 e. The van der Waals surface area contributed by atoms with Gasteiger partial charge in [-0.05, 0) is 56.6 Å². The van der Waals surface area contributed by atoms with Crippen LogP contribution in [0.3, 0.4) is 0 Å². The Morgan fingerprint density at radius 2 is 0.521 bits per heavy atom. The van der Waals surface area contributed by atoms with Crippen molar-refractivity contribution in [3.63, 3.8) is 0 Å². The van der Waals surface area contributed by atoms with Gasteiger partial charge in [0.1, 0.15) is 0 Å². The smallest absolute Gasteiger partial charge is 0.164 e. The predicted octanol–water partition coefficient (Wildman–Crippen LogP) is 11.5. The molecule has 48 heavy (non-hydrogen) atoms. The molecule has 3 heteroatoms. The highest BCUT2D eigenvalue weighted by molar-refractivity contribution is 5.92. The maximum atomic E-state index is 4.96. The van der Waals surface area contributed by atoms with Crippen molar-refractivity contribution in [2.24, 2.45) is 0 Å². The van der Waals surface area contributed by atoms with Crippen molar-refractivity contribution in [2.75, 3.05) is 0 Å². The Labute approximate surface area is 280 Å². The molecule has 8 rings (SSSR count). The van der Waals surface area contributed by atoms with Crippen molar-refractivity contribution >= 4 is 0 Å². The molecule has 0 amide bonds. The lowest BCUT2D eigenvalue weighted by Crippen LogP contribution is -2.00. The monoisotopic (exact) mass is 613 g/mol. The van der Waals surface area contributed by atoms with E-state index in [0.717, 1.165) is 33.4 Å². The number of aromatic nitrogens is 3. The zero-order valence-corrected chi connectivity index (χ0v) is 26.2. The van der Waals surface area contributed by atoms with Crippen LogP contribution < -0.4 is 0 Å². The van der Waals surface area contributed by atoms with Gasteiger partial charge in [0.2, 0.25) is 0 Å². The number of benzene rings is 7. The van der Waals surface area contributed by atoms with Crippen LogP contribution in [0.5, 0.6) is 0 Å². The van der Waals surface area contributed by atoms with E-state index >= 15 is 0 Å². The standard InChI is InChI=1S/C45H31N3/c1-4-16-32(17-5-1)39-26-10-12-28-41(39)42-29-13-11-27-40(42)37-24-14-22-35(30-37)36-23-15-25-38(31-36)45-47-43(33-18-6-2-7-19-33)46-44(48-45)34-20-8-3-9-21-34/h1-31H. The van der Waals surface area contributed by atoms with Crippen molar-refractivity contribution in [2.45, 2.75) is 0 Å². The predicted molar refractivity (Wildman–Crippen MR) is 198 cm³/mol. The summed E-state index contributed by atoms with van der Waals surface area (Å²) >= 11 is 0. The molecule has 0 unspecified atom stereocenters. The molecule has 3 nitrogen and oxygen atoms in total. The van der Waals surface area contributed by atoms with E-state index in [0.29, 0.717) is 17.5 Å². The number of rotatable bonds is 7. The maximum Gasteiger partial charge on any atom is 0.164 e. The maximum absolute atomic E-state index is 4.96. The van der Waals surface area contributed by atoms with E-state index in [4.69, 9.17) is 15.0 Å². The fourth-order valence-corrected chi connectivity index (χ4v) is 6.20. The van der Waals surface area contributed by atoms with E-state index < -0.39 is 0 Å². The summed E-state index contributed by atoms with van der Waals surface area (Å²) in [6, 6.07) is 65.4. The molecular weight excluding hydrogens is 583 g/mol. The van der Waals surface area contributed by atoms with Crippen LogP contribution in [0.2, 0.25) is 0 Å². The van der Waals surface area contributed by atoms with Gasteiger partial charge in [-0.25, -0.2) is 15.0 Å². The van der Waals surface area contributed by atoms with Gasteiger partial charge in [-0.15, -0.1) is 0 Å². The second kappa shape index (κ2) is 13.1. The Morgan fingerprint density at radius 3 is 1.02 bits per heavy atom. The normalized spacial score (nSPS) is 10.9. The minimum absolute atomic E-state index is 0.642. The topological polar surface area (TPSA) is 38.7 Å². The molecule has 0 spiro atoms. The summed E-state index contributed by atoms with van der Waals surface area (Å²) in [6.45, 7) is 0. The summed E-state index contributed by atoms with van der Waals surface area (Å²) in [6.07, 6.45) is 0. The first-order valence-electron chi connectivity index (χ1n) is 16.1. The van der Waals surface area contributed by atoms with Crippen molar-refractivity contribution in [3.8, 4) is 78.7 Å². The van der Waals surface area contributed by atoms with Crippen molar-refractivity contribution < 1.29 is 0 Å². The Morgan fingerprint density at radius 1 is 0.208 bits per heavy atom. The Kier molecular flexibility index (Phi) is 7.92. The molecule has 0 aliphatic carbocycles. The van der Waals surface area contributed by atoms with Gasteiger partial charge < -0.3 is 0 Å². The Hall–Kier alpha value is -6.45. The molecule has 1 aromatic heterocycles. The van der Waals surface area contributed by atoms with Gasteiger partial charge in [-0.3, -0.25) is 0 Å². The third-order valence-electron chi connectivity index (χ3n) is 8.56. The van der Waals surface area contributed by atoms with Crippen LogP contribution in [-0.4, -0.2) is 15.0 Å². The SMILES string of the molecule is c1ccc(-c2nc(-c3ccccc3)nc(-c3cccc(-c4cccc(-c5ccccc5-c5ccccc5-c5ccccc5)c4)c3)n2)cc1. The first kappa shape index (κ1) is 29.0. The zero-order chi connectivity index (χ0) is 32.1. The summed E-state index contributed by atoms with van der Waals surface area (Å²) in [5.74, 6) is 1.95. The first-order valence-corrected chi connectivity index (χ1v) is 16.1. The minimum atomic E-state index is 0.642. The highest BCUT2D eigenvalue weighted by Crippen LogP contribution is 2.39. The zero-order valence-electron chi connectivity index (χ0n) is 26.2. The van der Waals surface area contributed by atoms with Gasteiger partial charge in [0.25, 0.3) is 0 Å². The number of nitrogens with zero attached hydrogens (tertiary/aromatic N) is 3. The van der Waals surface area contributed by atoms with Crippen LogP contribution in [0, 0.1) is 0 Å². The molecular formula is C45H31N3. The summed E-state index contributed by atoms with van der Waals surface area (Å²) in [5, 5.41) is 0. The van der Waals surface area contributed by atoms with E-state index in [2.05, 4.69) is 127 Å². The molecule has 0 saturated carbocycles. The van der Waals surface area contributed by atoms with E-state index in [1.165, 1.54) is 27.8 Å². The van der Waals surface area contributed by atoms with E-state index in [1.807, 2.05) is 60.7 Å². The highest BCUT2D eigenvalue weighted by atomic mass is 15.0. The van der Waals surface area contributed by atoms with E-state index in [9.17, 15) is 0 Å². The van der Waals surface area contributed by atoms with Crippen LogP contribution in [0.15, 0.2) is 188 Å². The van der Waals surface area contributed by atoms with Crippen LogP contribution >= 0.6 is 0 Å². The highest BCUT2D eigenvalue weighted by Gasteiger charge is 2.15. The Balaban J connectivity index is 1.20. The second-order valence-corrected chi connectivity index (χ2v) is 11.7. The third kappa shape index (κ3) is 5.93. The molecule has 0 aliphatic rings. The first-order chi connectivity index (χ1) is 23.8. The molecule has 0 saturated heterocycles. The molecule has 0 bridgehead atoms. The van der Waals surface area contributed by atoms with Crippen molar-refractivity contribution in [1.29, 1.82) is 0 Å². The van der Waals surface area contributed by atoms with Gasteiger partial charge in [0.15, 0.2) is 17.5 Å². The molecule has 0 N–H and O–H groups in total. The molecule has 0 aliphatic heterocycles. The summed E-state index contributed by atoms with van der Waals surface area (Å²) in [4.78, 5) is 14.8. The average Bonchev–Trinajstić information content (AvgIpc) is 3.19. The molecule has 1 heterocycles. The lowest BCUT2D eigenvalue weighted by molar-refractivity contribution is 1.07. The lowest BCUT2D eigenvalue weighted by atomic mass is 9.88. The summed E-state index contributed by atoms with van der Waals surface area (Å²) in [7, 11) is 0. The molecule has 0 radical (unpaired) electrons. The van der Waals surface area contributed by atoms with Crippen molar-refractivity contribution in [3.05, 3.63) is 188 Å². The molecule has 7 aromatic carbocycles. The van der Waals surface area contributed by atoms with Crippen LogP contribution in [0.4, 0.5) is 0 Å². The van der Waals surface area contributed by atoms with Gasteiger partial charge in [-0.2, -0.15) is 0 Å².